The third-order valence-electron chi connectivity index (χ3n) is 4.87. The molecular weight excluding hydrogens is 312 g/mol. The minimum atomic E-state index is -0.908. The van der Waals surface area contributed by atoms with Crippen LogP contribution < -0.4 is 10.2 Å². The summed E-state index contributed by atoms with van der Waals surface area (Å²) in [5.41, 5.74) is 0.967. The number of anilines is 1. The number of carbonyl (C=O) groups excluding carboxylic acids is 2. The van der Waals surface area contributed by atoms with Crippen molar-refractivity contribution in [2.45, 2.75) is 32.7 Å². The molecule has 2 aromatic carbocycles. The first-order chi connectivity index (χ1) is 12.1. The molecule has 1 fully saturated rings. The molecular formula is C21H24N2O2. The Hall–Kier alpha value is -2.62. The number of rotatable bonds is 6. The maximum atomic E-state index is 13.1. The lowest BCUT2D eigenvalue weighted by Gasteiger charge is -2.27. The lowest BCUT2D eigenvalue weighted by atomic mass is 10.0. The van der Waals surface area contributed by atoms with Gasteiger partial charge in [-0.25, -0.2) is 0 Å². The summed E-state index contributed by atoms with van der Waals surface area (Å²) >= 11 is 0. The molecule has 0 aromatic heterocycles. The Morgan fingerprint density at radius 2 is 1.60 bits per heavy atom. The maximum Gasteiger partial charge on any atom is 0.242 e. The van der Waals surface area contributed by atoms with Crippen molar-refractivity contribution in [2.75, 3.05) is 11.4 Å². The van der Waals surface area contributed by atoms with Crippen molar-refractivity contribution in [1.29, 1.82) is 0 Å². The van der Waals surface area contributed by atoms with Crippen molar-refractivity contribution in [2.24, 2.45) is 5.41 Å². The van der Waals surface area contributed by atoms with Crippen molar-refractivity contribution >= 4 is 17.5 Å². The SMILES string of the molecule is CCN(C(=O)C1(C(=O)NC(C)c2ccccc2)CC1)c1ccccc1. The molecule has 1 saturated carbocycles. The predicted molar refractivity (Wildman–Crippen MR) is 99.1 cm³/mol. The molecule has 0 bridgehead atoms. The van der Waals surface area contributed by atoms with E-state index in [2.05, 4.69) is 5.32 Å². The summed E-state index contributed by atoms with van der Waals surface area (Å²) in [5, 5.41) is 3.02. The summed E-state index contributed by atoms with van der Waals surface area (Å²) in [5.74, 6) is -0.262. The molecule has 1 aliphatic carbocycles. The summed E-state index contributed by atoms with van der Waals surface area (Å²) in [6, 6.07) is 19.2. The summed E-state index contributed by atoms with van der Waals surface area (Å²) in [6.45, 7) is 4.43. The van der Waals surface area contributed by atoms with Gasteiger partial charge in [-0.05, 0) is 44.4 Å². The fraction of sp³-hybridized carbons (Fsp3) is 0.333. The predicted octanol–water partition coefficient (Wildman–Crippen LogP) is 3.70. The van der Waals surface area contributed by atoms with Gasteiger partial charge in [0.2, 0.25) is 11.8 Å². The molecule has 130 valence electrons. The van der Waals surface area contributed by atoms with Crippen LogP contribution in [0.5, 0.6) is 0 Å². The van der Waals surface area contributed by atoms with Gasteiger partial charge in [0.1, 0.15) is 5.41 Å². The Kier molecular flexibility index (Phi) is 4.88. The van der Waals surface area contributed by atoms with E-state index in [1.807, 2.05) is 74.5 Å². The standard InChI is InChI=1S/C21H24N2O2/c1-3-23(18-12-8-5-9-13-18)20(25)21(14-15-21)19(24)22-16(2)17-10-6-4-7-11-17/h4-13,16H,3,14-15H2,1-2H3,(H,22,24). The highest BCUT2D eigenvalue weighted by molar-refractivity contribution is 6.14. The van der Waals surface area contributed by atoms with Crippen molar-refractivity contribution in [3.05, 3.63) is 66.2 Å². The second-order valence-corrected chi connectivity index (χ2v) is 6.57. The van der Waals surface area contributed by atoms with Gasteiger partial charge in [0.15, 0.2) is 0 Å². The Morgan fingerprint density at radius 1 is 1.04 bits per heavy atom. The molecule has 4 nitrogen and oxygen atoms in total. The fourth-order valence-corrected chi connectivity index (χ4v) is 3.13. The zero-order chi connectivity index (χ0) is 17.9. The van der Waals surface area contributed by atoms with Gasteiger partial charge in [0, 0.05) is 12.2 Å². The highest BCUT2D eigenvalue weighted by atomic mass is 16.2. The minimum absolute atomic E-state index is 0.0982. The van der Waals surface area contributed by atoms with Crippen molar-refractivity contribution in [3.8, 4) is 0 Å². The number of para-hydroxylation sites is 1. The van der Waals surface area contributed by atoms with Crippen molar-refractivity contribution in [1.82, 2.24) is 5.32 Å². The molecule has 1 unspecified atom stereocenters. The van der Waals surface area contributed by atoms with E-state index in [9.17, 15) is 9.59 Å². The molecule has 2 aromatic rings. The first-order valence-corrected chi connectivity index (χ1v) is 8.81. The molecule has 1 aliphatic rings. The van der Waals surface area contributed by atoms with Crippen LogP contribution in [0, 0.1) is 5.41 Å². The molecule has 25 heavy (non-hydrogen) atoms. The molecule has 1 atom stereocenters. The maximum absolute atomic E-state index is 13.1. The second-order valence-electron chi connectivity index (χ2n) is 6.57. The molecule has 0 radical (unpaired) electrons. The molecule has 3 rings (SSSR count). The Bertz CT molecular complexity index is 739. The Balaban J connectivity index is 1.74. The molecule has 0 spiro atoms. The van der Waals surface area contributed by atoms with Gasteiger partial charge in [-0.15, -0.1) is 0 Å². The normalized spacial score (nSPS) is 15.9. The van der Waals surface area contributed by atoms with E-state index >= 15 is 0 Å². The number of hydrogen-bond donors (Lipinski definition) is 1. The highest BCUT2D eigenvalue weighted by Crippen LogP contribution is 2.48. The largest absolute Gasteiger partial charge is 0.349 e. The van der Waals surface area contributed by atoms with E-state index in [1.54, 1.807) is 4.90 Å². The van der Waals surface area contributed by atoms with Crippen LogP contribution in [0.2, 0.25) is 0 Å². The van der Waals surface area contributed by atoms with Crippen LogP contribution in [-0.2, 0) is 9.59 Å². The smallest absolute Gasteiger partial charge is 0.242 e. The van der Waals surface area contributed by atoms with Gasteiger partial charge in [0.05, 0.1) is 6.04 Å². The van der Waals surface area contributed by atoms with Crippen LogP contribution >= 0.6 is 0 Å². The number of nitrogens with zero attached hydrogens (tertiary/aromatic N) is 1. The van der Waals surface area contributed by atoms with E-state index in [0.717, 1.165) is 11.3 Å². The van der Waals surface area contributed by atoms with Crippen LogP contribution in [0.3, 0.4) is 0 Å². The Morgan fingerprint density at radius 3 is 2.12 bits per heavy atom. The van der Waals surface area contributed by atoms with E-state index in [-0.39, 0.29) is 17.9 Å². The highest BCUT2D eigenvalue weighted by Gasteiger charge is 2.58. The van der Waals surface area contributed by atoms with Crippen LogP contribution in [0.1, 0.15) is 38.3 Å². The minimum Gasteiger partial charge on any atom is -0.349 e. The molecule has 1 N–H and O–H groups in total. The first-order valence-electron chi connectivity index (χ1n) is 8.81. The van der Waals surface area contributed by atoms with Crippen LogP contribution in [0.15, 0.2) is 60.7 Å². The summed E-state index contributed by atoms with van der Waals surface area (Å²) < 4.78 is 0. The topological polar surface area (TPSA) is 49.4 Å². The van der Waals surface area contributed by atoms with Gasteiger partial charge in [-0.1, -0.05) is 48.5 Å². The summed E-state index contributed by atoms with van der Waals surface area (Å²) in [7, 11) is 0. The number of nitrogens with one attached hydrogen (secondary N) is 1. The lowest BCUT2D eigenvalue weighted by molar-refractivity contribution is -0.136. The molecule has 0 saturated heterocycles. The third kappa shape index (κ3) is 3.43. The van der Waals surface area contributed by atoms with E-state index in [0.29, 0.717) is 19.4 Å². The Labute approximate surface area is 148 Å². The van der Waals surface area contributed by atoms with Crippen LogP contribution in [0.25, 0.3) is 0 Å². The van der Waals surface area contributed by atoms with Crippen molar-refractivity contribution < 1.29 is 9.59 Å². The molecule has 2 amide bonds. The number of amides is 2. The van der Waals surface area contributed by atoms with E-state index < -0.39 is 5.41 Å². The van der Waals surface area contributed by atoms with Crippen LogP contribution in [0.4, 0.5) is 5.69 Å². The zero-order valence-electron chi connectivity index (χ0n) is 14.7. The summed E-state index contributed by atoms with van der Waals surface area (Å²) in [4.78, 5) is 27.6. The lowest BCUT2D eigenvalue weighted by Crippen LogP contribution is -2.46. The van der Waals surface area contributed by atoms with Gasteiger partial charge in [-0.2, -0.15) is 0 Å². The first kappa shape index (κ1) is 17.2. The molecule has 0 heterocycles. The van der Waals surface area contributed by atoms with Gasteiger partial charge in [0.25, 0.3) is 0 Å². The van der Waals surface area contributed by atoms with E-state index in [4.69, 9.17) is 0 Å². The van der Waals surface area contributed by atoms with Crippen molar-refractivity contribution in [3.63, 3.8) is 0 Å². The zero-order valence-corrected chi connectivity index (χ0v) is 14.7. The molecule has 0 aliphatic heterocycles. The second kappa shape index (κ2) is 7.09. The average Bonchev–Trinajstić information content (AvgIpc) is 3.46. The van der Waals surface area contributed by atoms with E-state index in [1.165, 1.54) is 0 Å². The van der Waals surface area contributed by atoms with Crippen LogP contribution in [-0.4, -0.2) is 18.4 Å². The monoisotopic (exact) mass is 336 g/mol. The number of carbonyl (C=O) groups is 2. The molecule has 4 heteroatoms. The summed E-state index contributed by atoms with van der Waals surface area (Å²) in [6.07, 6.45) is 1.23. The third-order valence-corrected chi connectivity index (χ3v) is 4.87. The van der Waals surface area contributed by atoms with Gasteiger partial charge < -0.3 is 10.2 Å². The number of benzene rings is 2. The van der Waals surface area contributed by atoms with Gasteiger partial charge >= 0.3 is 0 Å². The average molecular weight is 336 g/mol. The number of hydrogen-bond acceptors (Lipinski definition) is 2. The van der Waals surface area contributed by atoms with Gasteiger partial charge in [-0.3, -0.25) is 9.59 Å². The quantitative estimate of drug-likeness (QED) is 0.818. The fourth-order valence-electron chi connectivity index (χ4n) is 3.13.